The fraction of sp³-hybridized carbons (Fsp3) is 0.188. The van der Waals surface area contributed by atoms with Crippen molar-refractivity contribution in [2.24, 2.45) is 0 Å². The molecule has 0 spiro atoms. The average molecular weight is 330 g/mol. The van der Waals surface area contributed by atoms with Gasteiger partial charge < -0.3 is 19.2 Å². The van der Waals surface area contributed by atoms with E-state index in [0.717, 1.165) is 0 Å². The van der Waals surface area contributed by atoms with Crippen molar-refractivity contribution in [3.8, 4) is 11.5 Å². The van der Waals surface area contributed by atoms with Crippen molar-refractivity contribution in [3.05, 3.63) is 58.0 Å². The zero-order valence-corrected chi connectivity index (χ0v) is 12.7. The van der Waals surface area contributed by atoms with E-state index < -0.39 is 10.8 Å². The second-order valence-corrected chi connectivity index (χ2v) is 5.10. The standard InChI is InChI=1S/C16H14N2O6/c1-10(13-3-2-6-22-13)17-16(19)5-4-11-7-14-15(24-9-23-14)8-12(11)18(20)21/h2-8,10H,9H2,1H3,(H,17,19)/b5-4+/t10-/m0/s1. The highest BCUT2D eigenvalue weighted by Crippen LogP contribution is 2.38. The van der Waals surface area contributed by atoms with Gasteiger partial charge in [-0.15, -0.1) is 0 Å². The third-order valence-corrected chi connectivity index (χ3v) is 3.46. The number of fused-ring (bicyclic) bond motifs is 1. The molecule has 1 aliphatic heterocycles. The Morgan fingerprint density at radius 1 is 1.38 bits per heavy atom. The number of hydrogen-bond acceptors (Lipinski definition) is 6. The zero-order chi connectivity index (χ0) is 17.1. The Balaban J connectivity index is 1.76. The predicted octanol–water partition coefficient (Wildman–Crippen LogP) is 2.81. The third-order valence-electron chi connectivity index (χ3n) is 3.46. The lowest BCUT2D eigenvalue weighted by atomic mass is 10.1. The van der Waals surface area contributed by atoms with E-state index in [1.54, 1.807) is 19.1 Å². The fourth-order valence-electron chi connectivity index (χ4n) is 2.27. The Morgan fingerprint density at radius 3 is 2.79 bits per heavy atom. The van der Waals surface area contributed by atoms with E-state index in [0.29, 0.717) is 17.3 Å². The predicted molar refractivity (Wildman–Crippen MR) is 83.5 cm³/mol. The number of nitrogens with zero attached hydrogens (tertiary/aromatic N) is 1. The number of amides is 1. The summed E-state index contributed by atoms with van der Waals surface area (Å²) in [6.07, 6.45) is 4.11. The topological polar surface area (TPSA) is 104 Å². The molecular weight excluding hydrogens is 316 g/mol. The summed E-state index contributed by atoms with van der Waals surface area (Å²) in [7, 11) is 0. The number of nitrogens with one attached hydrogen (secondary N) is 1. The van der Waals surface area contributed by atoms with Gasteiger partial charge in [-0.2, -0.15) is 0 Å². The molecule has 124 valence electrons. The Kier molecular flexibility index (Phi) is 4.19. The van der Waals surface area contributed by atoms with Crippen molar-refractivity contribution >= 4 is 17.7 Å². The largest absolute Gasteiger partial charge is 0.467 e. The summed E-state index contributed by atoms with van der Waals surface area (Å²) in [5.74, 6) is 0.941. The summed E-state index contributed by atoms with van der Waals surface area (Å²) >= 11 is 0. The van der Waals surface area contributed by atoms with E-state index in [-0.39, 0.29) is 24.1 Å². The first kappa shape index (κ1) is 15.6. The van der Waals surface area contributed by atoms with E-state index in [2.05, 4.69) is 5.32 Å². The average Bonchev–Trinajstić information content (AvgIpc) is 3.22. The maximum atomic E-state index is 12.0. The van der Waals surface area contributed by atoms with Crippen molar-refractivity contribution in [3.63, 3.8) is 0 Å². The molecule has 1 N–H and O–H groups in total. The van der Waals surface area contributed by atoms with Crippen LogP contribution in [0.1, 0.15) is 24.3 Å². The summed E-state index contributed by atoms with van der Waals surface area (Å²) in [6, 6.07) is 5.91. The summed E-state index contributed by atoms with van der Waals surface area (Å²) in [4.78, 5) is 22.6. The molecule has 0 radical (unpaired) electrons. The number of nitro groups is 1. The molecule has 0 saturated carbocycles. The van der Waals surface area contributed by atoms with Crippen LogP contribution in [0.25, 0.3) is 6.08 Å². The first-order chi connectivity index (χ1) is 11.5. The van der Waals surface area contributed by atoms with Crippen LogP contribution < -0.4 is 14.8 Å². The van der Waals surface area contributed by atoms with Gasteiger partial charge in [-0.3, -0.25) is 14.9 Å². The second kappa shape index (κ2) is 6.45. The lowest BCUT2D eigenvalue weighted by molar-refractivity contribution is -0.385. The quantitative estimate of drug-likeness (QED) is 0.513. The van der Waals surface area contributed by atoms with Crippen molar-refractivity contribution in [2.45, 2.75) is 13.0 Å². The minimum atomic E-state index is -0.537. The van der Waals surface area contributed by atoms with Gasteiger partial charge in [0.2, 0.25) is 12.7 Å². The monoisotopic (exact) mass is 330 g/mol. The van der Waals surface area contributed by atoms with Crippen molar-refractivity contribution in [2.75, 3.05) is 6.79 Å². The number of furan rings is 1. The van der Waals surface area contributed by atoms with Gasteiger partial charge in [-0.1, -0.05) is 0 Å². The van der Waals surface area contributed by atoms with Crippen molar-refractivity contribution in [1.82, 2.24) is 5.32 Å². The van der Waals surface area contributed by atoms with Gasteiger partial charge in [0, 0.05) is 6.08 Å². The van der Waals surface area contributed by atoms with Gasteiger partial charge >= 0.3 is 0 Å². The Bertz CT molecular complexity index is 797. The van der Waals surface area contributed by atoms with Crippen LogP contribution in [0.2, 0.25) is 0 Å². The lowest BCUT2D eigenvalue weighted by Crippen LogP contribution is -2.24. The zero-order valence-electron chi connectivity index (χ0n) is 12.7. The molecule has 3 rings (SSSR count). The van der Waals surface area contributed by atoms with Gasteiger partial charge in [0.25, 0.3) is 5.69 Å². The highest BCUT2D eigenvalue weighted by molar-refractivity contribution is 5.92. The Hall–Kier alpha value is -3.29. The van der Waals surface area contributed by atoms with Crippen molar-refractivity contribution < 1.29 is 23.6 Å². The highest BCUT2D eigenvalue weighted by atomic mass is 16.7. The smallest absolute Gasteiger partial charge is 0.280 e. The first-order valence-corrected chi connectivity index (χ1v) is 7.14. The van der Waals surface area contributed by atoms with Crippen LogP contribution in [0.4, 0.5) is 5.69 Å². The molecule has 1 aromatic heterocycles. The van der Waals surface area contributed by atoms with Crippen LogP contribution in [-0.4, -0.2) is 17.6 Å². The SMILES string of the molecule is C[C@H](NC(=O)/C=C/c1cc2c(cc1[N+](=O)[O-])OCO2)c1ccco1. The number of benzene rings is 1. The molecule has 0 aliphatic carbocycles. The molecule has 1 atom stereocenters. The number of hydrogen-bond donors (Lipinski definition) is 1. The molecule has 1 aliphatic rings. The molecule has 1 amide bonds. The molecule has 0 unspecified atom stereocenters. The molecule has 1 aromatic carbocycles. The van der Waals surface area contributed by atoms with E-state index in [1.165, 1.54) is 30.5 Å². The van der Waals surface area contributed by atoms with Crippen LogP contribution >= 0.6 is 0 Å². The number of carbonyl (C=O) groups is 1. The summed E-state index contributed by atoms with van der Waals surface area (Å²) in [5, 5.41) is 13.9. The number of ether oxygens (including phenoxy) is 2. The number of rotatable bonds is 5. The minimum Gasteiger partial charge on any atom is -0.467 e. The number of nitro benzene ring substituents is 1. The molecule has 2 aromatic rings. The maximum absolute atomic E-state index is 12.0. The minimum absolute atomic E-state index is 0.0147. The normalized spacial score (nSPS) is 13.9. The van der Waals surface area contributed by atoms with Crippen LogP contribution in [0.5, 0.6) is 11.5 Å². The molecule has 0 saturated heterocycles. The molecule has 0 fully saturated rings. The summed E-state index contributed by atoms with van der Waals surface area (Å²) < 4.78 is 15.5. The van der Waals surface area contributed by atoms with Gasteiger partial charge in [0.15, 0.2) is 11.5 Å². The summed E-state index contributed by atoms with van der Waals surface area (Å²) in [6.45, 7) is 1.79. The van der Waals surface area contributed by atoms with Crippen LogP contribution in [-0.2, 0) is 4.79 Å². The Morgan fingerprint density at radius 2 is 2.12 bits per heavy atom. The van der Waals surface area contributed by atoms with E-state index in [9.17, 15) is 14.9 Å². The molecular formula is C16H14N2O6. The van der Waals surface area contributed by atoms with E-state index in [1.807, 2.05) is 0 Å². The highest BCUT2D eigenvalue weighted by Gasteiger charge is 2.22. The van der Waals surface area contributed by atoms with Crippen LogP contribution in [0.3, 0.4) is 0 Å². The van der Waals surface area contributed by atoms with Gasteiger partial charge in [-0.05, 0) is 31.2 Å². The van der Waals surface area contributed by atoms with Gasteiger partial charge in [0.1, 0.15) is 5.76 Å². The molecule has 0 bridgehead atoms. The van der Waals surface area contributed by atoms with Gasteiger partial charge in [-0.25, -0.2) is 0 Å². The number of carbonyl (C=O) groups excluding carboxylic acids is 1. The van der Waals surface area contributed by atoms with E-state index in [4.69, 9.17) is 13.9 Å². The maximum Gasteiger partial charge on any atom is 0.280 e. The second-order valence-electron chi connectivity index (χ2n) is 5.10. The Labute approximate surface area is 136 Å². The molecule has 8 nitrogen and oxygen atoms in total. The molecule has 2 heterocycles. The summed E-state index contributed by atoms with van der Waals surface area (Å²) in [5.41, 5.74) is 0.0902. The van der Waals surface area contributed by atoms with Gasteiger partial charge in [0.05, 0.1) is 28.9 Å². The van der Waals surface area contributed by atoms with Crippen LogP contribution in [0, 0.1) is 10.1 Å². The molecule has 8 heteroatoms. The van der Waals surface area contributed by atoms with E-state index >= 15 is 0 Å². The lowest BCUT2D eigenvalue weighted by Gasteiger charge is -2.09. The van der Waals surface area contributed by atoms with Crippen LogP contribution in [0.15, 0.2) is 41.0 Å². The first-order valence-electron chi connectivity index (χ1n) is 7.14. The third kappa shape index (κ3) is 3.22. The fourth-order valence-corrected chi connectivity index (χ4v) is 2.27. The van der Waals surface area contributed by atoms with Crippen molar-refractivity contribution in [1.29, 1.82) is 0 Å². The molecule has 24 heavy (non-hydrogen) atoms.